The van der Waals surface area contributed by atoms with Crippen LogP contribution in [0.15, 0.2) is 58.6 Å². The lowest BCUT2D eigenvalue weighted by Crippen LogP contribution is -2.13. The van der Waals surface area contributed by atoms with Gasteiger partial charge in [0, 0.05) is 16.8 Å². The Morgan fingerprint density at radius 3 is 2.42 bits per heavy atom. The fourth-order valence-electron chi connectivity index (χ4n) is 3.59. The third-order valence-electron chi connectivity index (χ3n) is 5.35. The zero-order valence-corrected chi connectivity index (χ0v) is 19.7. The molecule has 0 amide bonds. The Hall–Kier alpha value is -2.95. The van der Waals surface area contributed by atoms with Crippen LogP contribution in [0, 0.1) is 0 Å². The third-order valence-corrected chi connectivity index (χ3v) is 7.13. The largest absolute Gasteiger partial charge is 0.497 e. The molecule has 3 N–H and O–H groups in total. The van der Waals surface area contributed by atoms with Crippen LogP contribution in [0.4, 0.5) is 11.5 Å². The Bertz CT molecular complexity index is 1260. The van der Waals surface area contributed by atoms with Crippen LogP contribution >= 0.6 is 11.8 Å². The lowest BCUT2D eigenvalue weighted by molar-refractivity contribution is 0.102. The van der Waals surface area contributed by atoms with Crippen molar-refractivity contribution in [2.75, 3.05) is 18.2 Å². The van der Waals surface area contributed by atoms with Crippen molar-refractivity contribution in [1.29, 1.82) is 0 Å². The molecule has 4 rings (SSSR count). The quantitative estimate of drug-likeness (QED) is 0.282. The van der Waals surface area contributed by atoms with Gasteiger partial charge in [-0.1, -0.05) is 11.8 Å². The summed E-state index contributed by atoms with van der Waals surface area (Å²) in [6.07, 6.45) is 3.83. The van der Waals surface area contributed by atoms with Crippen LogP contribution in [0.25, 0.3) is 0 Å². The fourth-order valence-corrected chi connectivity index (χ4v) is 4.87. The van der Waals surface area contributed by atoms with E-state index in [0.29, 0.717) is 28.0 Å². The second-order valence-corrected chi connectivity index (χ2v) is 10.1. The summed E-state index contributed by atoms with van der Waals surface area (Å²) in [7, 11) is -2.17. The van der Waals surface area contributed by atoms with E-state index in [1.807, 2.05) is 0 Å². The lowest BCUT2D eigenvalue weighted by Gasteiger charge is -2.19. The molecule has 0 saturated carbocycles. The molecule has 0 aliphatic heterocycles. The number of nitrogens with zero attached hydrogens (tertiary/aromatic N) is 2. The molecule has 0 atom stereocenters. The summed E-state index contributed by atoms with van der Waals surface area (Å²) in [6, 6.07) is 13.2. The minimum Gasteiger partial charge on any atom is -0.497 e. The van der Waals surface area contributed by atoms with Gasteiger partial charge in [-0.05, 0) is 74.2 Å². The van der Waals surface area contributed by atoms with Crippen LogP contribution < -0.4 is 15.2 Å². The first-order valence-electron chi connectivity index (χ1n) is 10.4. The number of thioether (sulfide) groups is 1. The molecular weight excluding hydrogens is 460 g/mol. The topological polar surface area (TPSA) is 124 Å². The molecule has 3 aromatic rings. The third kappa shape index (κ3) is 5.70. The van der Waals surface area contributed by atoms with E-state index in [-0.39, 0.29) is 16.4 Å². The smallest absolute Gasteiger partial charge is 0.238 e. The van der Waals surface area contributed by atoms with E-state index in [9.17, 15) is 13.2 Å². The van der Waals surface area contributed by atoms with Crippen LogP contribution in [0.2, 0.25) is 0 Å². The zero-order chi connectivity index (χ0) is 23.4. The van der Waals surface area contributed by atoms with Crippen molar-refractivity contribution in [3.05, 3.63) is 65.4 Å². The molecule has 0 bridgehead atoms. The van der Waals surface area contributed by atoms with Gasteiger partial charge in [0.05, 0.1) is 23.5 Å². The molecule has 1 aliphatic carbocycles. The summed E-state index contributed by atoms with van der Waals surface area (Å²) in [5.74, 6) is 1.58. The van der Waals surface area contributed by atoms with Crippen molar-refractivity contribution in [2.45, 2.75) is 35.7 Å². The number of nitrogens with one attached hydrogen (secondary N) is 1. The Balaban J connectivity index is 1.53. The van der Waals surface area contributed by atoms with Gasteiger partial charge in [-0.3, -0.25) is 4.79 Å². The van der Waals surface area contributed by atoms with Gasteiger partial charge >= 0.3 is 0 Å². The number of hydrogen-bond acceptors (Lipinski definition) is 8. The molecule has 1 aromatic heterocycles. The van der Waals surface area contributed by atoms with E-state index < -0.39 is 10.0 Å². The highest BCUT2D eigenvalue weighted by Crippen LogP contribution is 2.30. The number of benzene rings is 2. The Kier molecular flexibility index (Phi) is 6.96. The number of anilines is 2. The number of ketones is 1. The molecule has 0 fully saturated rings. The van der Waals surface area contributed by atoms with Crippen molar-refractivity contribution >= 4 is 39.1 Å². The number of aryl methyl sites for hydroxylation is 1. The first-order valence-corrected chi connectivity index (χ1v) is 13.0. The van der Waals surface area contributed by atoms with Crippen molar-refractivity contribution in [2.24, 2.45) is 5.14 Å². The Morgan fingerprint density at radius 1 is 1.06 bits per heavy atom. The van der Waals surface area contributed by atoms with Gasteiger partial charge in [-0.15, -0.1) is 0 Å². The standard InChI is InChI=1S/C23H24N4O4S2/c1-31-17-10-6-15(7-11-17)21(28)14-32-23-26-20-5-3-2-4-19(20)22(27-23)25-16-8-12-18(13-9-16)33(24,29)30/h6-13H,2-5,14H2,1H3,(H2,24,29,30)(H,25,26,27). The number of carbonyl (C=O) groups is 1. The van der Waals surface area contributed by atoms with Crippen molar-refractivity contribution in [1.82, 2.24) is 9.97 Å². The second kappa shape index (κ2) is 9.90. The summed E-state index contributed by atoms with van der Waals surface area (Å²) < 4.78 is 28.1. The van der Waals surface area contributed by atoms with Gasteiger partial charge < -0.3 is 10.1 Å². The number of primary sulfonamides is 1. The molecule has 1 heterocycles. The van der Waals surface area contributed by atoms with Crippen molar-refractivity contribution in [3.8, 4) is 5.75 Å². The number of hydrogen-bond donors (Lipinski definition) is 2. The first-order chi connectivity index (χ1) is 15.8. The van der Waals surface area contributed by atoms with Gasteiger partial charge in [-0.2, -0.15) is 0 Å². The van der Waals surface area contributed by atoms with Gasteiger partial charge in [0.15, 0.2) is 10.9 Å². The number of ether oxygens (including phenoxy) is 1. The summed E-state index contributed by atoms with van der Waals surface area (Å²) in [5, 5.41) is 8.99. The molecule has 0 saturated heterocycles. The number of carbonyl (C=O) groups excluding carboxylic acids is 1. The van der Waals surface area contributed by atoms with E-state index in [1.54, 1.807) is 43.5 Å². The second-order valence-electron chi connectivity index (χ2n) is 7.62. The maximum atomic E-state index is 12.6. The molecule has 172 valence electrons. The molecule has 33 heavy (non-hydrogen) atoms. The number of nitrogens with two attached hydrogens (primary N) is 1. The molecule has 8 nitrogen and oxygen atoms in total. The van der Waals surface area contributed by atoms with Gasteiger partial charge in [0.2, 0.25) is 10.0 Å². The number of sulfonamides is 1. The maximum absolute atomic E-state index is 12.6. The van der Waals surface area contributed by atoms with Crippen molar-refractivity contribution < 1.29 is 17.9 Å². The average molecular weight is 485 g/mol. The fraction of sp³-hybridized carbons (Fsp3) is 0.261. The summed E-state index contributed by atoms with van der Waals surface area (Å²) >= 11 is 1.30. The molecule has 2 aromatic carbocycles. The van der Waals surface area contributed by atoms with E-state index in [4.69, 9.17) is 14.9 Å². The number of fused-ring (bicyclic) bond motifs is 1. The summed E-state index contributed by atoms with van der Waals surface area (Å²) in [5.41, 5.74) is 3.34. The first kappa shape index (κ1) is 23.2. The predicted octanol–water partition coefficient (Wildman–Crippen LogP) is 3.73. The highest BCUT2D eigenvalue weighted by atomic mass is 32.2. The van der Waals surface area contributed by atoms with Crippen LogP contribution in [0.3, 0.4) is 0 Å². The zero-order valence-electron chi connectivity index (χ0n) is 18.1. The number of aromatic nitrogens is 2. The normalized spacial score (nSPS) is 13.3. The van der Waals surface area contributed by atoms with Gasteiger partial charge in [-0.25, -0.2) is 23.5 Å². The minimum atomic E-state index is -3.75. The number of methoxy groups -OCH3 is 1. The van der Waals surface area contributed by atoms with E-state index in [1.165, 1.54) is 23.9 Å². The van der Waals surface area contributed by atoms with Crippen molar-refractivity contribution in [3.63, 3.8) is 0 Å². The van der Waals surface area contributed by atoms with E-state index in [2.05, 4.69) is 10.3 Å². The van der Waals surface area contributed by atoms with E-state index >= 15 is 0 Å². The Labute approximate surface area is 197 Å². The van der Waals surface area contributed by atoms with Crippen LogP contribution in [-0.2, 0) is 22.9 Å². The van der Waals surface area contributed by atoms with E-state index in [0.717, 1.165) is 36.9 Å². The number of Topliss-reactive ketones (excluding diaryl/α,β-unsaturated/α-hetero) is 1. The lowest BCUT2D eigenvalue weighted by atomic mass is 9.96. The summed E-state index contributed by atoms with van der Waals surface area (Å²) in [6.45, 7) is 0. The highest BCUT2D eigenvalue weighted by Gasteiger charge is 2.19. The van der Waals surface area contributed by atoms with Crippen LogP contribution in [-0.4, -0.2) is 37.0 Å². The molecular formula is C23H24N4O4S2. The van der Waals surface area contributed by atoms with Crippen LogP contribution in [0.5, 0.6) is 5.75 Å². The monoisotopic (exact) mass is 484 g/mol. The van der Waals surface area contributed by atoms with Crippen LogP contribution in [0.1, 0.15) is 34.5 Å². The van der Waals surface area contributed by atoms with Gasteiger partial charge in [0.1, 0.15) is 11.6 Å². The molecule has 1 aliphatic rings. The van der Waals surface area contributed by atoms with Gasteiger partial charge in [0.25, 0.3) is 0 Å². The predicted molar refractivity (Wildman–Crippen MR) is 128 cm³/mol. The molecule has 0 unspecified atom stereocenters. The molecule has 10 heteroatoms. The number of rotatable bonds is 8. The molecule has 0 radical (unpaired) electrons. The Morgan fingerprint density at radius 2 is 1.76 bits per heavy atom. The maximum Gasteiger partial charge on any atom is 0.238 e. The SMILES string of the molecule is COc1ccc(C(=O)CSc2nc3c(c(Nc4ccc(S(N)(=O)=O)cc4)n2)CCCC3)cc1. The average Bonchev–Trinajstić information content (AvgIpc) is 2.82. The molecule has 0 spiro atoms. The summed E-state index contributed by atoms with van der Waals surface area (Å²) in [4.78, 5) is 22.0. The minimum absolute atomic E-state index is 0.0166. The highest BCUT2D eigenvalue weighted by molar-refractivity contribution is 7.99.